The third-order valence-corrected chi connectivity index (χ3v) is 4.11. The van der Waals surface area contributed by atoms with Gasteiger partial charge in [-0.3, -0.25) is 0 Å². The number of nitrogens with zero attached hydrogens (tertiary/aromatic N) is 2. The Labute approximate surface area is 115 Å². The highest BCUT2D eigenvalue weighted by atomic mass is 16.5. The molecule has 1 aromatic rings. The van der Waals surface area contributed by atoms with Crippen molar-refractivity contribution in [3.63, 3.8) is 0 Å². The predicted octanol–water partition coefficient (Wildman–Crippen LogP) is 2.99. The highest BCUT2D eigenvalue weighted by molar-refractivity contribution is 5.43. The van der Waals surface area contributed by atoms with Crippen LogP contribution in [-0.2, 0) is 10.2 Å². The van der Waals surface area contributed by atoms with Gasteiger partial charge in [0.15, 0.2) is 0 Å². The van der Waals surface area contributed by atoms with Crippen molar-refractivity contribution in [2.75, 3.05) is 18.9 Å². The molecule has 1 unspecified atom stereocenters. The van der Waals surface area contributed by atoms with E-state index >= 15 is 0 Å². The highest BCUT2D eigenvalue weighted by Gasteiger charge is 2.35. The molecule has 3 rings (SSSR count). The molecular formula is C15H25N3O. The summed E-state index contributed by atoms with van der Waals surface area (Å²) in [6, 6.07) is 0.583. The van der Waals surface area contributed by atoms with Gasteiger partial charge >= 0.3 is 0 Å². The number of rotatable bonds is 2. The summed E-state index contributed by atoms with van der Waals surface area (Å²) >= 11 is 0. The van der Waals surface area contributed by atoms with Crippen molar-refractivity contribution < 1.29 is 4.74 Å². The van der Waals surface area contributed by atoms with Crippen molar-refractivity contribution in [1.82, 2.24) is 9.55 Å². The maximum absolute atomic E-state index is 6.42. The first-order valence-corrected chi connectivity index (χ1v) is 7.44. The fourth-order valence-electron chi connectivity index (χ4n) is 2.95. The van der Waals surface area contributed by atoms with Gasteiger partial charge in [0.05, 0.1) is 12.3 Å². The number of imidazole rings is 1. The maximum atomic E-state index is 6.42. The quantitative estimate of drug-likeness (QED) is 0.892. The fourth-order valence-corrected chi connectivity index (χ4v) is 2.95. The molecular weight excluding hydrogens is 238 g/mol. The van der Waals surface area contributed by atoms with Gasteiger partial charge in [-0.05, 0) is 25.7 Å². The van der Waals surface area contributed by atoms with Crippen LogP contribution in [-0.4, -0.2) is 22.8 Å². The lowest BCUT2D eigenvalue weighted by Crippen LogP contribution is -2.19. The van der Waals surface area contributed by atoms with Crippen LogP contribution in [0.25, 0.3) is 0 Å². The minimum Gasteiger partial charge on any atom is -0.384 e. The van der Waals surface area contributed by atoms with E-state index in [0.717, 1.165) is 43.4 Å². The molecule has 1 saturated heterocycles. The normalized spacial score (nSPS) is 24.7. The summed E-state index contributed by atoms with van der Waals surface area (Å²) in [4.78, 5) is 4.92. The summed E-state index contributed by atoms with van der Waals surface area (Å²) in [6.45, 7) is 8.31. The molecule has 2 aliphatic rings. The Morgan fingerprint density at radius 2 is 2.00 bits per heavy atom. The molecule has 0 aromatic carbocycles. The van der Waals surface area contributed by atoms with Crippen LogP contribution in [0.15, 0.2) is 0 Å². The summed E-state index contributed by atoms with van der Waals surface area (Å²) in [5, 5.41) is 0. The van der Waals surface area contributed by atoms with Gasteiger partial charge in [0, 0.05) is 24.0 Å². The summed E-state index contributed by atoms with van der Waals surface area (Å²) in [7, 11) is 0. The Bertz CT molecular complexity index is 462. The van der Waals surface area contributed by atoms with Gasteiger partial charge in [-0.15, -0.1) is 0 Å². The molecule has 0 bridgehead atoms. The number of anilines is 1. The van der Waals surface area contributed by atoms with Crippen LogP contribution in [0.3, 0.4) is 0 Å². The summed E-state index contributed by atoms with van der Waals surface area (Å²) in [5.74, 6) is 2.42. The van der Waals surface area contributed by atoms with Crippen molar-refractivity contribution in [3.05, 3.63) is 11.5 Å². The molecule has 1 aromatic heterocycles. The molecule has 19 heavy (non-hydrogen) atoms. The first-order valence-electron chi connectivity index (χ1n) is 7.44. The molecule has 0 spiro atoms. The Morgan fingerprint density at radius 1 is 1.26 bits per heavy atom. The second kappa shape index (κ2) is 4.51. The van der Waals surface area contributed by atoms with Crippen LogP contribution in [0.1, 0.15) is 69.9 Å². The molecule has 1 atom stereocenters. The van der Waals surface area contributed by atoms with E-state index in [9.17, 15) is 0 Å². The molecule has 1 aliphatic carbocycles. The number of nitrogen functional groups attached to an aromatic ring is 1. The van der Waals surface area contributed by atoms with Gasteiger partial charge in [0.25, 0.3) is 0 Å². The van der Waals surface area contributed by atoms with Crippen molar-refractivity contribution in [2.24, 2.45) is 0 Å². The van der Waals surface area contributed by atoms with Crippen LogP contribution >= 0.6 is 0 Å². The van der Waals surface area contributed by atoms with Crippen LogP contribution in [0.5, 0.6) is 0 Å². The minimum absolute atomic E-state index is 0.0461. The van der Waals surface area contributed by atoms with Crippen molar-refractivity contribution in [1.29, 1.82) is 0 Å². The van der Waals surface area contributed by atoms with Gasteiger partial charge in [-0.25, -0.2) is 4.98 Å². The average molecular weight is 263 g/mol. The predicted molar refractivity (Wildman–Crippen MR) is 76.4 cm³/mol. The molecule has 1 aliphatic heterocycles. The van der Waals surface area contributed by atoms with E-state index in [4.69, 9.17) is 15.5 Å². The first-order chi connectivity index (χ1) is 8.98. The smallest absolute Gasteiger partial charge is 0.127 e. The first kappa shape index (κ1) is 13.0. The second-order valence-electron chi connectivity index (χ2n) is 6.97. The van der Waals surface area contributed by atoms with E-state index in [1.807, 2.05) is 0 Å². The second-order valence-corrected chi connectivity index (χ2v) is 6.97. The lowest BCUT2D eigenvalue weighted by atomic mass is 9.95. The van der Waals surface area contributed by atoms with Crippen LogP contribution < -0.4 is 5.73 Å². The zero-order chi connectivity index (χ0) is 13.6. The molecule has 4 nitrogen and oxygen atoms in total. The third-order valence-electron chi connectivity index (χ3n) is 4.11. The zero-order valence-electron chi connectivity index (χ0n) is 12.3. The molecule has 1 saturated carbocycles. The molecule has 2 N–H and O–H groups in total. The standard InChI is InChI=1S/C15H25N3O/c1-15(2,3)14-17-12(10-5-4-8-19-9-10)13(16)18(14)11-6-7-11/h10-11H,4-9,16H2,1-3H3. The zero-order valence-corrected chi connectivity index (χ0v) is 12.3. The lowest BCUT2D eigenvalue weighted by Gasteiger charge is -2.21. The van der Waals surface area contributed by atoms with Crippen LogP contribution in [0.4, 0.5) is 5.82 Å². The maximum Gasteiger partial charge on any atom is 0.127 e. The van der Waals surface area contributed by atoms with Gasteiger partial charge in [0.2, 0.25) is 0 Å². The minimum atomic E-state index is 0.0461. The summed E-state index contributed by atoms with van der Waals surface area (Å²) in [6.07, 6.45) is 4.75. The molecule has 2 fully saturated rings. The molecule has 4 heteroatoms. The van der Waals surface area contributed by atoms with E-state index in [0.29, 0.717) is 12.0 Å². The SMILES string of the molecule is CC(C)(C)c1nc(C2CCCOC2)c(N)n1C1CC1. The number of nitrogens with two attached hydrogens (primary N) is 1. The Hall–Kier alpha value is -1.03. The largest absolute Gasteiger partial charge is 0.384 e. The Balaban J connectivity index is 2.00. The third kappa shape index (κ3) is 2.38. The lowest BCUT2D eigenvalue weighted by molar-refractivity contribution is 0.0795. The molecule has 0 radical (unpaired) electrons. The fraction of sp³-hybridized carbons (Fsp3) is 0.800. The number of ether oxygens (including phenoxy) is 1. The van der Waals surface area contributed by atoms with Gasteiger partial charge in [-0.1, -0.05) is 20.8 Å². The monoisotopic (exact) mass is 263 g/mol. The topological polar surface area (TPSA) is 53.1 Å². The van der Waals surface area contributed by atoms with Gasteiger partial charge in [-0.2, -0.15) is 0 Å². The molecule has 0 amide bonds. The van der Waals surface area contributed by atoms with Gasteiger partial charge < -0.3 is 15.0 Å². The van der Waals surface area contributed by atoms with E-state index in [1.165, 1.54) is 12.8 Å². The van der Waals surface area contributed by atoms with E-state index < -0.39 is 0 Å². The van der Waals surface area contributed by atoms with Crippen molar-refractivity contribution in [3.8, 4) is 0 Å². The summed E-state index contributed by atoms with van der Waals surface area (Å²) < 4.78 is 7.89. The summed E-state index contributed by atoms with van der Waals surface area (Å²) in [5.41, 5.74) is 7.54. The molecule has 2 heterocycles. The average Bonchev–Trinajstić information content (AvgIpc) is 3.13. The van der Waals surface area contributed by atoms with Gasteiger partial charge in [0.1, 0.15) is 11.6 Å². The van der Waals surface area contributed by atoms with Crippen LogP contribution in [0, 0.1) is 0 Å². The Morgan fingerprint density at radius 3 is 2.53 bits per heavy atom. The highest BCUT2D eigenvalue weighted by Crippen LogP contribution is 2.43. The van der Waals surface area contributed by atoms with E-state index in [-0.39, 0.29) is 5.41 Å². The Kier molecular flexibility index (Phi) is 3.08. The number of aromatic nitrogens is 2. The van der Waals surface area contributed by atoms with Crippen molar-refractivity contribution in [2.45, 2.75) is 63.8 Å². The van der Waals surface area contributed by atoms with Crippen molar-refractivity contribution >= 4 is 5.82 Å². The number of hydrogen-bond donors (Lipinski definition) is 1. The van der Waals surface area contributed by atoms with Crippen LogP contribution in [0.2, 0.25) is 0 Å². The molecule has 106 valence electrons. The van der Waals surface area contributed by atoms with E-state index in [2.05, 4.69) is 25.3 Å². The van der Waals surface area contributed by atoms with E-state index in [1.54, 1.807) is 0 Å². The number of hydrogen-bond acceptors (Lipinski definition) is 3.